The Balaban J connectivity index is 1.53. The smallest absolute Gasteiger partial charge is 0.282 e. The lowest BCUT2D eigenvalue weighted by molar-refractivity contribution is -0.385. The highest BCUT2D eigenvalue weighted by molar-refractivity contribution is 8.16. The molecular weight excluding hydrogens is 388 g/mol. The maximum absolute atomic E-state index is 12.5. The van der Waals surface area contributed by atoms with Crippen LogP contribution in [0.1, 0.15) is 15.9 Å². The maximum atomic E-state index is 12.5. The number of carbonyl (C=O) groups excluding carboxylic acids is 1. The zero-order valence-corrected chi connectivity index (χ0v) is 15.5. The van der Waals surface area contributed by atoms with Crippen molar-refractivity contribution in [1.29, 1.82) is 0 Å². The molecule has 2 aliphatic heterocycles. The first kappa shape index (κ1) is 17.6. The van der Waals surface area contributed by atoms with Gasteiger partial charge >= 0.3 is 0 Å². The van der Waals surface area contributed by atoms with Crippen LogP contribution >= 0.6 is 23.4 Å². The molecule has 0 aromatic heterocycles. The van der Waals surface area contributed by atoms with Crippen LogP contribution in [0.2, 0.25) is 5.02 Å². The molecule has 2 aromatic carbocycles. The molecule has 1 N–H and O–H groups in total. The van der Waals surface area contributed by atoms with Crippen molar-refractivity contribution in [3.05, 3.63) is 74.1 Å². The molecule has 0 bridgehead atoms. The summed E-state index contributed by atoms with van der Waals surface area (Å²) in [5.74, 6) is -0.582. The van der Waals surface area contributed by atoms with Crippen molar-refractivity contribution >= 4 is 51.5 Å². The number of nitro groups is 1. The van der Waals surface area contributed by atoms with E-state index >= 15 is 0 Å². The summed E-state index contributed by atoms with van der Waals surface area (Å²) in [4.78, 5) is 29.6. The summed E-state index contributed by atoms with van der Waals surface area (Å²) in [6.07, 6.45) is 0. The monoisotopic (exact) mass is 400 g/mol. The van der Waals surface area contributed by atoms with Gasteiger partial charge in [-0.25, -0.2) is 0 Å². The average molecular weight is 401 g/mol. The van der Waals surface area contributed by atoms with Gasteiger partial charge in [0.05, 0.1) is 17.2 Å². The molecule has 1 amide bonds. The molecule has 27 heavy (non-hydrogen) atoms. The molecule has 136 valence electrons. The van der Waals surface area contributed by atoms with E-state index in [-0.39, 0.29) is 16.3 Å². The lowest BCUT2D eigenvalue weighted by atomic mass is 10.1. The summed E-state index contributed by atoms with van der Waals surface area (Å²) < 4.78 is 0. The van der Waals surface area contributed by atoms with Gasteiger partial charge in [-0.15, -0.1) is 0 Å². The molecule has 7 nitrogen and oxygen atoms in total. The van der Waals surface area contributed by atoms with Crippen LogP contribution in [0.25, 0.3) is 5.70 Å². The molecule has 0 spiro atoms. The number of thioether (sulfide) groups is 1. The van der Waals surface area contributed by atoms with Crippen LogP contribution in [0.4, 0.5) is 11.4 Å². The van der Waals surface area contributed by atoms with Gasteiger partial charge in [0.1, 0.15) is 5.56 Å². The molecular formula is C18H13ClN4O3S. The predicted molar refractivity (Wildman–Crippen MR) is 107 cm³/mol. The Labute approximate surface area is 163 Å². The topological polar surface area (TPSA) is 87.8 Å². The van der Waals surface area contributed by atoms with Crippen molar-refractivity contribution in [2.24, 2.45) is 4.99 Å². The summed E-state index contributed by atoms with van der Waals surface area (Å²) in [5, 5.41) is 17.1. The lowest BCUT2D eigenvalue weighted by Crippen LogP contribution is -2.19. The second-order valence-corrected chi connectivity index (χ2v) is 7.16. The van der Waals surface area contributed by atoms with Crippen molar-refractivity contribution < 1.29 is 9.72 Å². The zero-order chi connectivity index (χ0) is 19.0. The summed E-state index contributed by atoms with van der Waals surface area (Å²) in [6, 6.07) is 11.2. The number of aliphatic imine (C=N–C) groups is 1. The van der Waals surface area contributed by atoms with E-state index in [1.807, 2.05) is 12.1 Å². The van der Waals surface area contributed by atoms with Gasteiger partial charge in [-0.2, -0.15) is 0 Å². The van der Waals surface area contributed by atoms with E-state index in [1.165, 1.54) is 18.2 Å². The fraction of sp³-hybridized carbons (Fsp3) is 0.111. The Kier molecular flexibility index (Phi) is 4.59. The van der Waals surface area contributed by atoms with Crippen LogP contribution in [0.3, 0.4) is 0 Å². The van der Waals surface area contributed by atoms with Gasteiger partial charge in [-0.05, 0) is 29.8 Å². The highest BCUT2D eigenvalue weighted by Gasteiger charge is 2.27. The van der Waals surface area contributed by atoms with E-state index in [1.54, 1.807) is 23.9 Å². The van der Waals surface area contributed by atoms with Gasteiger partial charge in [0, 0.05) is 28.7 Å². The van der Waals surface area contributed by atoms with Crippen LogP contribution in [-0.2, 0) is 0 Å². The average Bonchev–Trinajstić information content (AvgIpc) is 3.26. The van der Waals surface area contributed by atoms with Crippen LogP contribution < -0.4 is 5.32 Å². The van der Waals surface area contributed by atoms with E-state index in [2.05, 4.69) is 20.6 Å². The molecule has 0 saturated carbocycles. The van der Waals surface area contributed by atoms with Crippen LogP contribution in [0.15, 0.2) is 52.9 Å². The zero-order valence-electron chi connectivity index (χ0n) is 13.9. The van der Waals surface area contributed by atoms with E-state index < -0.39 is 10.8 Å². The van der Waals surface area contributed by atoms with Crippen LogP contribution in [0, 0.1) is 10.1 Å². The number of amides is 1. The lowest BCUT2D eigenvalue weighted by Gasteiger charge is -2.16. The molecule has 0 radical (unpaired) electrons. The number of nitrogens with one attached hydrogen (secondary N) is 1. The van der Waals surface area contributed by atoms with Gasteiger partial charge in [0.2, 0.25) is 0 Å². The predicted octanol–water partition coefficient (Wildman–Crippen LogP) is 4.22. The third-order valence-electron chi connectivity index (χ3n) is 4.21. The molecule has 2 aliphatic rings. The number of nitrogens with zero attached hydrogens (tertiary/aromatic N) is 3. The minimum atomic E-state index is -0.603. The third kappa shape index (κ3) is 3.41. The van der Waals surface area contributed by atoms with Crippen LogP contribution in [0.5, 0.6) is 0 Å². The largest absolute Gasteiger partial charge is 0.322 e. The third-order valence-corrected chi connectivity index (χ3v) is 5.34. The quantitative estimate of drug-likeness (QED) is 0.613. The van der Waals surface area contributed by atoms with Gasteiger partial charge in [-0.3, -0.25) is 19.9 Å². The number of benzene rings is 2. The van der Waals surface area contributed by atoms with E-state index in [9.17, 15) is 14.9 Å². The van der Waals surface area contributed by atoms with E-state index in [0.29, 0.717) is 5.69 Å². The summed E-state index contributed by atoms with van der Waals surface area (Å²) >= 11 is 7.48. The summed E-state index contributed by atoms with van der Waals surface area (Å²) in [5.41, 5.74) is 2.27. The highest BCUT2D eigenvalue weighted by atomic mass is 35.5. The standard InChI is InChI=1S/C18H13ClN4O3S/c19-12-3-6-15(23(25)26)14(9-12)17(24)21-13-4-1-11(2-5-13)16-10-27-18-20-7-8-22(16)18/h1-6,9-10H,7-8H2,(H,21,24). The number of anilines is 1. The SMILES string of the molecule is O=C(Nc1ccc(C2=CSC3=NCCN23)cc1)c1cc(Cl)ccc1[N+](=O)[O-]. The highest BCUT2D eigenvalue weighted by Crippen LogP contribution is 2.35. The number of hydrogen-bond donors (Lipinski definition) is 1. The molecule has 2 aromatic rings. The van der Waals surface area contributed by atoms with Crippen molar-refractivity contribution in [1.82, 2.24) is 4.90 Å². The Hall–Kier alpha value is -2.84. The van der Waals surface area contributed by atoms with Gasteiger partial charge in [0.15, 0.2) is 5.17 Å². The number of carbonyl (C=O) groups is 1. The van der Waals surface area contributed by atoms with Gasteiger partial charge in [0.25, 0.3) is 11.6 Å². The molecule has 4 rings (SSSR count). The number of halogens is 1. The first-order valence-corrected chi connectivity index (χ1v) is 9.33. The number of fused-ring (bicyclic) bond motifs is 1. The minimum Gasteiger partial charge on any atom is -0.322 e. The summed E-state index contributed by atoms with van der Waals surface area (Å²) in [7, 11) is 0. The minimum absolute atomic E-state index is 0.0793. The fourth-order valence-corrected chi connectivity index (χ4v) is 4.05. The van der Waals surface area contributed by atoms with Crippen molar-refractivity contribution in [3.8, 4) is 0 Å². The van der Waals surface area contributed by atoms with E-state index in [4.69, 9.17) is 11.6 Å². The Morgan fingerprint density at radius 3 is 2.78 bits per heavy atom. The van der Waals surface area contributed by atoms with Crippen molar-refractivity contribution in [3.63, 3.8) is 0 Å². The first-order valence-electron chi connectivity index (χ1n) is 8.07. The molecule has 0 fully saturated rings. The second-order valence-electron chi connectivity index (χ2n) is 5.89. The number of amidine groups is 1. The Morgan fingerprint density at radius 1 is 1.26 bits per heavy atom. The molecule has 0 unspecified atom stereocenters. The van der Waals surface area contributed by atoms with Crippen molar-refractivity contribution in [2.75, 3.05) is 18.4 Å². The molecule has 0 aliphatic carbocycles. The molecule has 0 saturated heterocycles. The normalized spacial score (nSPS) is 15.2. The van der Waals surface area contributed by atoms with Gasteiger partial charge < -0.3 is 10.2 Å². The molecule has 9 heteroatoms. The van der Waals surface area contributed by atoms with Crippen molar-refractivity contribution in [2.45, 2.75) is 0 Å². The maximum Gasteiger partial charge on any atom is 0.282 e. The number of hydrogen-bond acceptors (Lipinski definition) is 6. The number of rotatable bonds is 4. The first-order chi connectivity index (χ1) is 13.0. The Morgan fingerprint density at radius 2 is 2.04 bits per heavy atom. The molecule has 0 atom stereocenters. The van der Waals surface area contributed by atoms with Gasteiger partial charge in [-0.1, -0.05) is 35.5 Å². The molecule has 2 heterocycles. The second kappa shape index (κ2) is 7.05. The Bertz CT molecular complexity index is 1000. The van der Waals surface area contributed by atoms with Crippen LogP contribution in [-0.4, -0.2) is 34.0 Å². The van der Waals surface area contributed by atoms with E-state index in [0.717, 1.165) is 29.5 Å². The fourth-order valence-electron chi connectivity index (χ4n) is 2.92. The number of nitro benzene ring substituents is 1. The summed E-state index contributed by atoms with van der Waals surface area (Å²) in [6.45, 7) is 1.66.